The van der Waals surface area contributed by atoms with Crippen LogP contribution < -0.4 is 5.73 Å². The topological polar surface area (TPSA) is 26.0 Å². The minimum Gasteiger partial charge on any atom is -0.322 e. The van der Waals surface area contributed by atoms with Crippen LogP contribution in [-0.4, -0.2) is 5.54 Å². The molecule has 0 bridgehead atoms. The van der Waals surface area contributed by atoms with Crippen LogP contribution >= 0.6 is 0 Å². The van der Waals surface area contributed by atoms with Gasteiger partial charge in [0.05, 0.1) is 0 Å². The van der Waals surface area contributed by atoms with Crippen LogP contribution in [0.25, 0.3) is 6.08 Å². The smallest absolute Gasteiger partial charge is 0.123 e. The summed E-state index contributed by atoms with van der Waals surface area (Å²) < 4.78 is 12.9. The standard InChI is InChI=1S/C12H14FN/c1-12(2,14)10-5-8-3-4-11(13)7-9(8)6-10/h3-5,7H,6,14H2,1-2H3. The van der Waals surface area contributed by atoms with E-state index in [2.05, 4.69) is 6.08 Å². The van der Waals surface area contributed by atoms with Crippen molar-refractivity contribution in [3.8, 4) is 0 Å². The van der Waals surface area contributed by atoms with Crippen LogP contribution in [0.5, 0.6) is 0 Å². The van der Waals surface area contributed by atoms with Gasteiger partial charge in [-0.1, -0.05) is 12.1 Å². The van der Waals surface area contributed by atoms with E-state index in [-0.39, 0.29) is 11.4 Å². The van der Waals surface area contributed by atoms with Gasteiger partial charge in [0.1, 0.15) is 5.82 Å². The Hall–Kier alpha value is -1.15. The molecule has 1 aromatic rings. The highest BCUT2D eigenvalue weighted by molar-refractivity contribution is 5.65. The highest BCUT2D eigenvalue weighted by Crippen LogP contribution is 2.30. The Labute approximate surface area is 83.4 Å². The van der Waals surface area contributed by atoms with Gasteiger partial charge < -0.3 is 5.73 Å². The highest BCUT2D eigenvalue weighted by Gasteiger charge is 2.23. The fourth-order valence-corrected chi connectivity index (χ4v) is 1.73. The summed E-state index contributed by atoms with van der Waals surface area (Å²) in [6.45, 7) is 3.95. The van der Waals surface area contributed by atoms with E-state index in [1.165, 1.54) is 6.07 Å². The Kier molecular flexibility index (Phi) is 1.96. The number of fused-ring (bicyclic) bond motifs is 1. The zero-order valence-corrected chi connectivity index (χ0v) is 8.47. The predicted octanol–water partition coefficient (Wildman–Crippen LogP) is 2.50. The molecule has 0 unspecified atom stereocenters. The van der Waals surface area contributed by atoms with Crippen molar-refractivity contribution in [3.63, 3.8) is 0 Å². The van der Waals surface area contributed by atoms with Gasteiger partial charge in [-0.15, -0.1) is 0 Å². The summed E-state index contributed by atoms with van der Waals surface area (Å²) in [6.07, 6.45) is 2.84. The molecule has 0 radical (unpaired) electrons. The van der Waals surface area contributed by atoms with Gasteiger partial charge in [-0.2, -0.15) is 0 Å². The van der Waals surface area contributed by atoms with Crippen molar-refractivity contribution in [3.05, 3.63) is 40.7 Å². The lowest BCUT2D eigenvalue weighted by atomic mass is 9.94. The zero-order valence-electron chi connectivity index (χ0n) is 8.47. The van der Waals surface area contributed by atoms with Crippen molar-refractivity contribution in [1.82, 2.24) is 0 Å². The normalized spacial score (nSPS) is 15.3. The van der Waals surface area contributed by atoms with Gasteiger partial charge in [-0.3, -0.25) is 0 Å². The summed E-state index contributed by atoms with van der Waals surface area (Å²) in [5, 5.41) is 0. The lowest BCUT2D eigenvalue weighted by Gasteiger charge is -2.20. The van der Waals surface area contributed by atoms with E-state index >= 15 is 0 Å². The molecule has 0 atom stereocenters. The monoisotopic (exact) mass is 191 g/mol. The molecule has 74 valence electrons. The second-order valence-corrected chi connectivity index (χ2v) is 4.41. The number of hydrogen-bond donors (Lipinski definition) is 1. The Balaban J connectivity index is 2.37. The fraction of sp³-hybridized carbons (Fsp3) is 0.333. The maximum atomic E-state index is 12.9. The summed E-state index contributed by atoms with van der Waals surface area (Å²) in [6, 6.07) is 4.88. The predicted molar refractivity (Wildman–Crippen MR) is 56.3 cm³/mol. The van der Waals surface area contributed by atoms with E-state index in [9.17, 15) is 4.39 Å². The summed E-state index contributed by atoms with van der Waals surface area (Å²) in [4.78, 5) is 0. The molecular formula is C12H14FN. The lowest BCUT2D eigenvalue weighted by Crippen LogP contribution is -2.34. The minimum absolute atomic E-state index is 0.173. The highest BCUT2D eigenvalue weighted by atomic mass is 19.1. The van der Waals surface area contributed by atoms with Crippen molar-refractivity contribution in [1.29, 1.82) is 0 Å². The molecule has 0 fully saturated rings. The summed E-state index contributed by atoms with van der Waals surface area (Å²) in [5.41, 5.74) is 8.99. The Morgan fingerprint density at radius 2 is 2.07 bits per heavy atom. The first-order valence-electron chi connectivity index (χ1n) is 4.75. The third-order valence-electron chi connectivity index (χ3n) is 2.64. The molecule has 0 spiro atoms. The Morgan fingerprint density at radius 1 is 1.36 bits per heavy atom. The van der Waals surface area contributed by atoms with E-state index in [1.54, 1.807) is 6.07 Å². The molecule has 1 aliphatic rings. The van der Waals surface area contributed by atoms with Gasteiger partial charge in [0.15, 0.2) is 0 Å². The third-order valence-corrected chi connectivity index (χ3v) is 2.64. The van der Waals surface area contributed by atoms with Crippen molar-refractivity contribution < 1.29 is 4.39 Å². The molecule has 1 aromatic carbocycles. The molecule has 0 aromatic heterocycles. The second kappa shape index (κ2) is 2.92. The SMILES string of the molecule is CC(C)(N)C1=Cc2ccc(F)cc2C1. The first-order chi connectivity index (χ1) is 6.47. The molecule has 0 saturated carbocycles. The van der Waals surface area contributed by atoms with Crippen LogP contribution in [0.3, 0.4) is 0 Å². The lowest BCUT2D eigenvalue weighted by molar-refractivity contribution is 0.601. The van der Waals surface area contributed by atoms with Gasteiger partial charge in [0, 0.05) is 5.54 Å². The molecule has 14 heavy (non-hydrogen) atoms. The molecule has 0 saturated heterocycles. The van der Waals surface area contributed by atoms with Crippen molar-refractivity contribution >= 4 is 6.08 Å². The fourth-order valence-electron chi connectivity index (χ4n) is 1.73. The molecular weight excluding hydrogens is 177 g/mol. The Morgan fingerprint density at radius 3 is 2.71 bits per heavy atom. The van der Waals surface area contributed by atoms with Crippen LogP contribution in [0.4, 0.5) is 4.39 Å². The second-order valence-electron chi connectivity index (χ2n) is 4.41. The maximum Gasteiger partial charge on any atom is 0.123 e. The van der Waals surface area contributed by atoms with E-state index in [0.717, 1.165) is 23.1 Å². The quantitative estimate of drug-likeness (QED) is 0.725. The molecule has 0 aliphatic heterocycles. The van der Waals surface area contributed by atoms with Crippen LogP contribution in [0.1, 0.15) is 25.0 Å². The van der Waals surface area contributed by atoms with Crippen molar-refractivity contribution in [2.24, 2.45) is 5.73 Å². The summed E-state index contributed by atoms with van der Waals surface area (Å²) in [7, 11) is 0. The van der Waals surface area contributed by atoms with Crippen molar-refractivity contribution in [2.45, 2.75) is 25.8 Å². The van der Waals surface area contributed by atoms with E-state index in [4.69, 9.17) is 5.73 Å². The van der Waals surface area contributed by atoms with E-state index < -0.39 is 0 Å². The number of rotatable bonds is 1. The molecule has 1 aliphatic carbocycles. The molecule has 1 nitrogen and oxygen atoms in total. The van der Waals surface area contributed by atoms with Crippen LogP contribution in [-0.2, 0) is 6.42 Å². The number of hydrogen-bond acceptors (Lipinski definition) is 1. The van der Waals surface area contributed by atoms with Gasteiger partial charge in [-0.05, 0) is 49.1 Å². The molecule has 2 heteroatoms. The van der Waals surface area contributed by atoms with Gasteiger partial charge in [0.25, 0.3) is 0 Å². The first kappa shape index (κ1) is 9.41. The number of benzene rings is 1. The third kappa shape index (κ3) is 1.58. The maximum absolute atomic E-state index is 12.9. The van der Waals surface area contributed by atoms with Gasteiger partial charge in [-0.25, -0.2) is 4.39 Å². The van der Waals surface area contributed by atoms with Gasteiger partial charge in [0.2, 0.25) is 0 Å². The van der Waals surface area contributed by atoms with Crippen LogP contribution in [0.2, 0.25) is 0 Å². The number of halogens is 1. The van der Waals surface area contributed by atoms with E-state index in [1.807, 2.05) is 19.9 Å². The first-order valence-corrected chi connectivity index (χ1v) is 4.75. The number of nitrogens with two attached hydrogens (primary N) is 1. The summed E-state index contributed by atoms with van der Waals surface area (Å²) in [5.74, 6) is -0.173. The molecule has 2 rings (SSSR count). The zero-order chi connectivity index (χ0) is 10.3. The molecule has 2 N–H and O–H groups in total. The van der Waals surface area contributed by atoms with E-state index in [0.29, 0.717) is 0 Å². The molecule has 0 amide bonds. The average Bonchev–Trinajstić information content (AvgIpc) is 2.45. The molecule has 0 heterocycles. The minimum atomic E-state index is -0.310. The largest absolute Gasteiger partial charge is 0.322 e. The van der Waals surface area contributed by atoms with Crippen molar-refractivity contribution in [2.75, 3.05) is 0 Å². The Bertz CT molecular complexity index is 399. The van der Waals surface area contributed by atoms with Crippen LogP contribution in [0.15, 0.2) is 23.8 Å². The average molecular weight is 191 g/mol. The summed E-state index contributed by atoms with van der Waals surface area (Å²) >= 11 is 0. The van der Waals surface area contributed by atoms with Gasteiger partial charge >= 0.3 is 0 Å². The van der Waals surface area contributed by atoms with Crippen LogP contribution in [0, 0.1) is 5.82 Å².